The van der Waals surface area contributed by atoms with Crippen LogP contribution in [0.5, 0.6) is 0 Å². The molecular formula is C16H29N3O. The van der Waals surface area contributed by atoms with Gasteiger partial charge in [0, 0.05) is 32.0 Å². The summed E-state index contributed by atoms with van der Waals surface area (Å²) in [6.07, 6.45) is 3.18. The van der Waals surface area contributed by atoms with Crippen molar-refractivity contribution in [1.82, 2.24) is 9.55 Å². The summed E-state index contributed by atoms with van der Waals surface area (Å²) >= 11 is 0. The molecule has 0 spiro atoms. The molecule has 1 aliphatic carbocycles. The van der Waals surface area contributed by atoms with Crippen LogP contribution in [0.3, 0.4) is 0 Å². The normalized spacial score (nSPS) is 20.1. The van der Waals surface area contributed by atoms with Crippen molar-refractivity contribution in [2.75, 3.05) is 25.1 Å². The number of hydrogen-bond donors (Lipinski definition) is 1. The van der Waals surface area contributed by atoms with E-state index in [2.05, 4.69) is 55.7 Å². The van der Waals surface area contributed by atoms with Gasteiger partial charge in [0.25, 0.3) is 0 Å². The Morgan fingerprint density at radius 1 is 1.30 bits per heavy atom. The van der Waals surface area contributed by atoms with Crippen LogP contribution >= 0.6 is 0 Å². The topological polar surface area (TPSA) is 39.1 Å². The molecule has 0 aliphatic heterocycles. The summed E-state index contributed by atoms with van der Waals surface area (Å²) in [6.45, 7) is 16.0. The van der Waals surface area contributed by atoms with Gasteiger partial charge in [0.05, 0.1) is 5.69 Å². The average Bonchev–Trinajstić information content (AvgIpc) is 2.63. The minimum absolute atomic E-state index is 0.321. The molecule has 114 valence electrons. The van der Waals surface area contributed by atoms with E-state index in [0.29, 0.717) is 16.9 Å². The molecule has 1 N–H and O–H groups in total. The molecule has 0 atom stereocenters. The highest BCUT2D eigenvalue weighted by Gasteiger charge is 2.66. The lowest BCUT2D eigenvalue weighted by atomic mass is 10.0. The molecule has 0 amide bonds. The van der Waals surface area contributed by atoms with E-state index in [-0.39, 0.29) is 0 Å². The Bertz CT molecular complexity index is 448. The molecule has 0 bridgehead atoms. The maximum absolute atomic E-state index is 5.37. The van der Waals surface area contributed by atoms with Gasteiger partial charge in [0.1, 0.15) is 0 Å². The first-order valence-corrected chi connectivity index (χ1v) is 7.69. The van der Waals surface area contributed by atoms with Gasteiger partial charge in [-0.2, -0.15) is 0 Å². The number of nitrogens with one attached hydrogen (secondary N) is 1. The van der Waals surface area contributed by atoms with Crippen LogP contribution in [0.4, 0.5) is 5.95 Å². The van der Waals surface area contributed by atoms with Crippen LogP contribution in [-0.2, 0) is 4.74 Å². The van der Waals surface area contributed by atoms with Gasteiger partial charge in [-0.05, 0) is 31.1 Å². The van der Waals surface area contributed by atoms with E-state index >= 15 is 0 Å². The van der Waals surface area contributed by atoms with E-state index < -0.39 is 0 Å². The monoisotopic (exact) mass is 279 g/mol. The van der Waals surface area contributed by atoms with Crippen LogP contribution in [0.25, 0.3) is 0 Å². The van der Waals surface area contributed by atoms with Crippen molar-refractivity contribution in [2.24, 2.45) is 10.8 Å². The lowest BCUT2D eigenvalue weighted by Crippen LogP contribution is -2.11. The number of imidazole rings is 1. The zero-order chi connectivity index (χ0) is 15.0. The minimum Gasteiger partial charge on any atom is -0.382 e. The fraction of sp³-hybridized carbons (Fsp3) is 0.812. The Hall–Kier alpha value is -1.03. The molecule has 4 heteroatoms. The first kappa shape index (κ1) is 15.4. The van der Waals surface area contributed by atoms with E-state index in [4.69, 9.17) is 4.74 Å². The van der Waals surface area contributed by atoms with Gasteiger partial charge in [0.15, 0.2) is 0 Å². The maximum Gasteiger partial charge on any atom is 0.203 e. The second-order valence-electron chi connectivity index (χ2n) is 6.94. The summed E-state index contributed by atoms with van der Waals surface area (Å²) in [5.74, 6) is 1.00. The van der Waals surface area contributed by atoms with E-state index in [9.17, 15) is 0 Å². The fourth-order valence-electron chi connectivity index (χ4n) is 3.22. The Morgan fingerprint density at radius 2 is 1.95 bits per heavy atom. The Balaban J connectivity index is 2.01. The van der Waals surface area contributed by atoms with Crippen LogP contribution in [-0.4, -0.2) is 29.3 Å². The summed E-state index contributed by atoms with van der Waals surface area (Å²) in [5, 5.41) is 3.46. The first-order chi connectivity index (χ1) is 9.32. The molecule has 4 nitrogen and oxygen atoms in total. The molecule has 0 saturated heterocycles. The molecule has 1 saturated carbocycles. The second-order valence-corrected chi connectivity index (χ2v) is 6.94. The molecule has 20 heavy (non-hydrogen) atoms. The van der Waals surface area contributed by atoms with Crippen molar-refractivity contribution in [3.05, 3.63) is 11.9 Å². The highest BCUT2D eigenvalue weighted by atomic mass is 16.5. The van der Waals surface area contributed by atoms with E-state index in [1.165, 1.54) is 0 Å². The van der Waals surface area contributed by atoms with Gasteiger partial charge in [-0.25, -0.2) is 4.98 Å². The van der Waals surface area contributed by atoms with Gasteiger partial charge in [-0.1, -0.05) is 27.7 Å². The Labute approximate surface area is 122 Å². The summed E-state index contributed by atoms with van der Waals surface area (Å²) < 4.78 is 7.70. The third-order valence-electron chi connectivity index (χ3n) is 5.03. The van der Waals surface area contributed by atoms with Gasteiger partial charge >= 0.3 is 0 Å². The number of aromatic nitrogens is 2. The van der Waals surface area contributed by atoms with Crippen LogP contribution in [0.1, 0.15) is 52.8 Å². The molecule has 1 aromatic heterocycles. The standard InChI is InChI=1S/C16H29N3O/c1-7-20-10-8-9-17-14-18-12(2)11-19(14)13-15(3,4)16(13,5)6/h11,13H,7-10H2,1-6H3,(H,17,18). The summed E-state index contributed by atoms with van der Waals surface area (Å²) in [6, 6.07) is 0.519. The highest BCUT2D eigenvalue weighted by molar-refractivity contribution is 5.34. The molecular weight excluding hydrogens is 250 g/mol. The second kappa shape index (κ2) is 5.40. The summed E-state index contributed by atoms with van der Waals surface area (Å²) in [4.78, 5) is 4.63. The first-order valence-electron chi connectivity index (χ1n) is 7.69. The SMILES string of the molecule is CCOCCCNc1nc(C)cn1C1C(C)(C)C1(C)C. The molecule has 2 rings (SSSR count). The number of ether oxygens (including phenoxy) is 1. The van der Waals surface area contributed by atoms with Crippen molar-refractivity contribution in [3.63, 3.8) is 0 Å². The molecule has 1 fully saturated rings. The zero-order valence-corrected chi connectivity index (χ0v) is 13.8. The minimum atomic E-state index is 0.321. The molecule has 1 aliphatic rings. The number of rotatable bonds is 7. The average molecular weight is 279 g/mol. The predicted molar refractivity (Wildman–Crippen MR) is 83.2 cm³/mol. The van der Waals surface area contributed by atoms with Crippen molar-refractivity contribution in [1.29, 1.82) is 0 Å². The van der Waals surface area contributed by atoms with Gasteiger partial charge in [0.2, 0.25) is 5.95 Å². The molecule has 0 unspecified atom stereocenters. The summed E-state index contributed by atoms with van der Waals surface area (Å²) in [7, 11) is 0. The zero-order valence-electron chi connectivity index (χ0n) is 13.8. The quantitative estimate of drug-likeness (QED) is 0.775. The van der Waals surface area contributed by atoms with Crippen molar-refractivity contribution in [3.8, 4) is 0 Å². The Morgan fingerprint density at radius 3 is 2.50 bits per heavy atom. The highest BCUT2D eigenvalue weighted by Crippen LogP contribution is 2.71. The number of aryl methyl sites for hydroxylation is 1. The number of anilines is 1. The van der Waals surface area contributed by atoms with Crippen LogP contribution in [0.15, 0.2) is 6.20 Å². The fourth-order valence-corrected chi connectivity index (χ4v) is 3.22. The molecule has 1 heterocycles. The largest absolute Gasteiger partial charge is 0.382 e. The number of hydrogen-bond acceptors (Lipinski definition) is 3. The summed E-state index contributed by atoms with van der Waals surface area (Å²) in [5.41, 5.74) is 1.72. The van der Waals surface area contributed by atoms with Crippen molar-refractivity contribution < 1.29 is 4.74 Å². The predicted octanol–water partition coefficient (Wildman–Crippen LogP) is 3.64. The molecule has 1 aromatic rings. The van der Waals surface area contributed by atoms with Gasteiger partial charge < -0.3 is 14.6 Å². The lowest BCUT2D eigenvalue weighted by Gasteiger charge is -2.11. The van der Waals surface area contributed by atoms with Crippen LogP contribution < -0.4 is 5.32 Å². The van der Waals surface area contributed by atoms with Crippen molar-refractivity contribution >= 4 is 5.95 Å². The van der Waals surface area contributed by atoms with Crippen LogP contribution in [0.2, 0.25) is 0 Å². The van der Waals surface area contributed by atoms with E-state index in [0.717, 1.165) is 37.8 Å². The number of nitrogens with zero attached hydrogens (tertiary/aromatic N) is 2. The molecule has 0 radical (unpaired) electrons. The molecule has 0 aromatic carbocycles. The van der Waals surface area contributed by atoms with Crippen molar-refractivity contribution in [2.45, 2.75) is 54.0 Å². The third-order valence-corrected chi connectivity index (χ3v) is 5.03. The van der Waals surface area contributed by atoms with Gasteiger partial charge in [-0.3, -0.25) is 0 Å². The van der Waals surface area contributed by atoms with E-state index in [1.54, 1.807) is 0 Å². The van der Waals surface area contributed by atoms with Crippen LogP contribution in [0, 0.1) is 17.8 Å². The Kier molecular flexibility index (Phi) is 4.14. The lowest BCUT2D eigenvalue weighted by molar-refractivity contribution is 0.147. The smallest absolute Gasteiger partial charge is 0.203 e. The van der Waals surface area contributed by atoms with Gasteiger partial charge in [-0.15, -0.1) is 0 Å². The third kappa shape index (κ3) is 2.58. The van der Waals surface area contributed by atoms with E-state index in [1.807, 2.05) is 6.92 Å². The maximum atomic E-state index is 5.37.